The first-order chi connectivity index (χ1) is 12.7. The zero-order valence-electron chi connectivity index (χ0n) is 15.9. The summed E-state index contributed by atoms with van der Waals surface area (Å²) in [5.74, 6) is -1.64. The van der Waals surface area contributed by atoms with Gasteiger partial charge in [0, 0.05) is 13.6 Å². The molecule has 0 aliphatic heterocycles. The number of Topliss-reactive ketones (excluding diaryl/α,β-unsaturated/α-hetero) is 1. The van der Waals surface area contributed by atoms with Crippen LogP contribution in [0.5, 0.6) is 0 Å². The normalized spacial score (nSPS) is 10.7. The first-order valence-electron chi connectivity index (χ1n) is 8.55. The van der Waals surface area contributed by atoms with Gasteiger partial charge in [0.2, 0.25) is 5.78 Å². The van der Waals surface area contributed by atoms with E-state index in [4.69, 9.17) is 10.5 Å². The number of aromatic nitrogens is 2. The van der Waals surface area contributed by atoms with Crippen LogP contribution in [-0.2, 0) is 18.3 Å². The molecule has 0 spiro atoms. The van der Waals surface area contributed by atoms with Crippen molar-refractivity contribution in [2.24, 2.45) is 7.05 Å². The molecule has 0 amide bonds. The molecular weight excluding hydrogens is 350 g/mol. The summed E-state index contributed by atoms with van der Waals surface area (Å²) in [6.45, 7) is 5.15. The lowest BCUT2D eigenvalue weighted by Gasteiger charge is -2.14. The van der Waals surface area contributed by atoms with Crippen LogP contribution in [0.2, 0.25) is 0 Å². The number of carbonyl (C=O) groups excluding carboxylic acids is 2. The molecule has 8 nitrogen and oxygen atoms in total. The Hall–Kier alpha value is -3.16. The average molecular weight is 373 g/mol. The molecule has 2 aromatic rings. The summed E-state index contributed by atoms with van der Waals surface area (Å²) in [5.41, 5.74) is 6.23. The number of carbonyl (C=O) groups is 2. The van der Waals surface area contributed by atoms with E-state index in [0.29, 0.717) is 12.0 Å². The number of anilines is 1. The van der Waals surface area contributed by atoms with E-state index in [1.54, 1.807) is 12.1 Å². The van der Waals surface area contributed by atoms with Gasteiger partial charge in [-0.1, -0.05) is 24.1 Å². The van der Waals surface area contributed by atoms with Crippen molar-refractivity contribution < 1.29 is 14.3 Å². The van der Waals surface area contributed by atoms with Gasteiger partial charge < -0.3 is 10.5 Å². The van der Waals surface area contributed by atoms with Crippen LogP contribution in [0, 0.1) is 13.8 Å². The lowest BCUT2D eigenvalue weighted by atomic mass is 10.1. The van der Waals surface area contributed by atoms with E-state index in [2.05, 4.69) is 0 Å². The predicted molar refractivity (Wildman–Crippen MR) is 101 cm³/mol. The Bertz CT molecular complexity index is 997. The van der Waals surface area contributed by atoms with Crippen LogP contribution in [0.25, 0.3) is 0 Å². The quantitative estimate of drug-likeness (QED) is 0.601. The minimum Gasteiger partial charge on any atom is -0.454 e. The fourth-order valence-corrected chi connectivity index (χ4v) is 2.86. The topological polar surface area (TPSA) is 113 Å². The molecule has 1 heterocycles. The fraction of sp³-hybridized carbons (Fsp3) is 0.368. The molecule has 0 radical (unpaired) electrons. The van der Waals surface area contributed by atoms with Crippen LogP contribution in [0.3, 0.4) is 0 Å². The number of ketones is 1. The molecule has 0 atom stereocenters. The smallest absolute Gasteiger partial charge is 0.338 e. The molecule has 2 N–H and O–H groups in total. The monoisotopic (exact) mass is 373 g/mol. The van der Waals surface area contributed by atoms with Gasteiger partial charge in [0.25, 0.3) is 5.56 Å². The van der Waals surface area contributed by atoms with E-state index in [0.717, 1.165) is 15.7 Å². The predicted octanol–water partition coefficient (Wildman–Crippen LogP) is 1.20. The van der Waals surface area contributed by atoms with Gasteiger partial charge in [0.15, 0.2) is 6.61 Å². The molecule has 0 saturated heterocycles. The van der Waals surface area contributed by atoms with Gasteiger partial charge in [-0.3, -0.25) is 18.7 Å². The van der Waals surface area contributed by atoms with Crippen molar-refractivity contribution in [3.63, 3.8) is 0 Å². The van der Waals surface area contributed by atoms with E-state index < -0.39 is 29.6 Å². The Balaban J connectivity index is 2.29. The molecule has 144 valence electrons. The number of nitrogens with zero attached hydrogens (tertiary/aromatic N) is 2. The van der Waals surface area contributed by atoms with E-state index in [-0.39, 0.29) is 17.9 Å². The maximum absolute atomic E-state index is 12.5. The fourth-order valence-electron chi connectivity index (χ4n) is 2.86. The van der Waals surface area contributed by atoms with Gasteiger partial charge in [-0.2, -0.15) is 0 Å². The van der Waals surface area contributed by atoms with E-state index in [1.165, 1.54) is 11.6 Å². The minimum absolute atomic E-state index is 0.211. The highest BCUT2D eigenvalue weighted by atomic mass is 16.5. The van der Waals surface area contributed by atoms with Crippen molar-refractivity contribution in [3.05, 3.63) is 61.3 Å². The second-order valence-electron chi connectivity index (χ2n) is 6.43. The Kier molecular flexibility index (Phi) is 5.99. The molecular formula is C19H23N3O5. The number of hydrogen-bond acceptors (Lipinski definition) is 6. The molecule has 0 saturated carbocycles. The number of nitrogens with two attached hydrogens (primary N) is 1. The van der Waals surface area contributed by atoms with E-state index >= 15 is 0 Å². The SMILES string of the molecule is CCCn1c(N)c(C(=O)COC(=O)c2cc(C)cc(C)c2)c(=O)n(C)c1=O. The Morgan fingerprint density at radius 2 is 1.70 bits per heavy atom. The minimum atomic E-state index is -0.808. The van der Waals surface area contributed by atoms with Crippen LogP contribution in [0.1, 0.15) is 45.2 Å². The summed E-state index contributed by atoms with van der Waals surface area (Å²) < 4.78 is 7.05. The van der Waals surface area contributed by atoms with Crippen molar-refractivity contribution in [2.75, 3.05) is 12.3 Å². The first kappa shape index (κ1) is 20.2. The van der Waals surface area contributed by atoms with Crippen molar-refractivity contribution in [1.29, 1.82) is 0 Å². The number of hydrogen-bond donors (Lipinski definition) is 1. The molecule has 27 heavy (non-hydrogen) atoms. The third-order valence-electron chi connectivity index (χ3n) is 4.10. The van der Waals surface area contributed by atoms with Crippen LogP contribution < -0.4 is 17.0 Å². The summed E-state index contributed by atoms with van der Waals surface area (Å²) in [7, 11) is 1.27. The Morgan fingerprint density at radius 3 is 2.26 bits per heavy atom. The Labute approximate surface area is 156 Å². The van der Waals surface area contributed by atoms with Gasteiger partial charge in [0.1, 0.15) is 11.4 Å². The molecule has 0 aliphatic rings. The molecule has 0 bridgehead atoms. The zero-order chi connectivity index (χ0) is 20.3. The first-order valence-corrected chi connectivity index (χ1v) is 8.55. The highest BCUT2D eigenvalue weighted by Gasteiger charge is 2.22. The third-order valence-corrected chi connectivity index (χ3v) is 4.10. The van der Waals surface area contributed by atoms with Gasteiger partial charge in [0.05, 0.1) is 5.56 Å². The van der Waals surface area contributed by atoms with Crippen LogP contribution in [0.15, 0.2) is 27.8 Å². The van der Waals surface area contributed by atoms with Crippen LogP contribution >= 0.6 is 0 Å². The standard InChI is InChI=1S/C19H23N3O5/c1-5-6-22-16(20)15(17(24)21(4)19(22)26)14(23)10-27-18(25)13-8-11(2)7-12(3)9-13/h7-9H,5-6,10,20H2,1-4H3. The number of ether oxygens (including phenoxy) is 1. The van der Waals surface area contributed by atoms with Crippen LogP contribution in [-0.4, -0.2) is 27.5 Å². The molecule has 0 unspecified atom stereocenters. The highest BCUT2D eigenvalue weighted by Crippen LogP contribution is 2.11. The molecule has 0 aliphatic carbocycles. The maximum atomic E-state index is 12.5. The van der Waals surface area contributed by atoms with Crippen LogP contribution in [0.4, 0.5) is 5.82 Å². The van der Waals surface area contributed by atoms with Crippen molar-refractivity contribution in [1.82, 2.24) is 9.13 Å². The molecule has 1 aromatic heterocycles. The average Bonchev–Trinajstić information content (AvgIpc) is 2.60. The largest absolute Gasteiger partial charge is 0.454 e. The summed E-state index contributed by atoms with van der Waals surface area (Å²) in [5, 5.41) is 0. The Morgan fingerprint density at radius 1 is 1.11 bits per heavy atom. The maximum Gasteiger partial charge on any atom is 0.338 e. The highest BCUT2D eigenvalue weighted by molar-refractivity contribution is 6.02. The number of esters is 1. The van der Waals surface area contributed by atoms with Gasteiger partial charge >= 0.3 is 11.7 Å². The van der Waals surface area contributed by atoms with Gasteiger partial charge in [-0.05, 0) is 32.4 Å². The van der Waals surface area contributed by atoms with Gasteiger partial charge in [-0.25, -0.2) is 9.59 Å². The molecule has 2 rings (SSSR count). The lowest BCUT2D eigenvalue weighted by Crippen LogP contribution is -2.43. The molecule has 8 heteroatoms. The summed E-state index contributed by atoms with van der Waals surface area (Å²) in [4.78, 5) is 49.2. The number of nitrogen functional groups attached to an aromatic ring is 1. The van der Waals surface area contributed by atoms with Gasteiger partial charge in [-0.15, -0.1) is 0 Å². The van der Waals surface area contributed by atoms with Crippen molar-refractivity contribution >= 4 is 17.6 Å². The van der Waals surface area contributed by atoms with E-state index in [9.17, 15) is 19.2 Å². The van der Waals surface area contributed by atoms with E-state index in [1.807, 2.05) is 26.8 Å². The van der Waals surface area contributed by atoms with Crippen molar-refractivity contribution in [3.8, 4) is 0 Å². The molecule has 0 fully saturated rings. The number of rotatable bonds is 6. The number of benzene rings is 1. The second kappa shape index (κ2) is 8.03. The third kappa shape index (κ3) is 4.16. The number of aryl methyl sites for hydroxylation is 2. The van der Waals surface area contributed by atoms with Crippen molar-refractivity contribution in [2.45, 2.75) is 33.7 Å². The summed E-state index contributed by atoms with van der Waals surface area (Å²) in [6.07, 6.45) is 0.595. The zero-order valence-corrected chi connectivity index (χ0v) is 15.9. The summed E-state index contributed by atoms with van der Waals surface area (Å²) in [6, 6.07) is 5.20. The lowest BCUT2D eigenvalue weighted by molar-refractivity contribution is 0.0474. The summed E-state index contributed by atoms with van der Waals surface area (Å²) >= 11 is 0. The molecule has 1 aromatic carbocycles. The second-order valence-corrected chi connectivity index (χ2v) is 6.43.